The summed E-state index contributed by atoms with van der Waals surface area (Å²) in [6.45, 7) is 4.10. The molecule has 8 aromatic rings. The summed E-state index contributed by atoms with van der Waals surface area (Å²) < 4.78 is 0. The van der Waals surface area contributed by atoms with Crippen LogP contribution in [0.1, 0.15) is 44.5 Å². The fourth-order valence-corrected chi connectivity index (χ4v) is 6.47. The molecule has 252 valence electrons. The zero-order chi connectivity index (χ0) is 36.2. The zero-order valence-corrected chi connectivity index (χ0v) is 29.1. The first kappa shape index (κ1) is 33.6. The van der Waals surface area contributed by atoms with Crippen LogP contribution in [-0.4, -0.2) is 19.9 Å². The molecule has 0 aliphatic carbocycles. The second kappa shape index (κ2) is 14.5. The summed E-state index contributed by atoms with van der Waals surface area (Å²) >= 11 is 0. The maximum Gasteiger partial charge on any atom is 0.150 e. The molecular formula is C44H36N8. The number of nitrogens with zero attached hydrogens (tertiary/aromatic N) is 6. The summed E-state index contributed by atoms with van der Waals surface area (Å²) in [6.07, 6.45) is 7.32. The molecule has 8 rings (SSSR count). The van der Waals surface area contributed by atoms with E-state index in [2.05, 4.69) is 80.6 Å². The minimum Gasteiger partial charge on any atom is -0.382 e. The minimum atomic E-state index is 0.469. The van der Waals surface area contributed by atoms with Crippen LogP contribution < -0.4 is 11.5 Å². The van der Waals surface area contributed by atoms with E-state index in [1.54, 1.807) is 0 Å². The van der Waals surface area contributed by atoms with E-state index in [4.69, 9.17) is 22.0 Å². The second-order valence-electron chi connectivity index (χ2n) is 13.1. The number of hydrogen-bond acceptors (Lipinski definition) is 8. The Kier molecular flexibility index (Phi) is 9.38. The third-order valence-electron chi connectivity index (χ3n) is 9.31. The zero-order valence-electron chi connectivity index (χ0n) is 29.1. The van der Waals surface area contributed by atoms with Gasteiger partial charge in [-0.25, -0.2) is 9.97 Å². The highest BCUT2D eigenvalue weighted by atomic mass is 14.9. The lowest BCUT2D eigenvalue weighted by Crippen LogP contribution is -1.98. The molecule has 0 saturated carbocycles. The SMILES string of the molecule is Cc1ccc2c(c1)nc(N)c1ncc(CCc3ccc(C#N)cc3)cc12.Cc1ccc2c(c1)nc(N)c1ncc(CCc3ccc(C#N)cc3)cc12. The fraction of sp³-hybridized carbons (Fsp3) is 0.136. The first-order valence-electron chi connectivity index (χ1n) is 17.1. The molecule has 4 heterocycles. The van der Waals surface area contributed by atoms with Gasteiger partial charge in [0.15, 0.2) is 11.6 Å². The van der Waals surface area contributed by atoms with Crippen molar-refractivity contribution in [1.29, 1.82) is 10.5 Å². The molecule has 0 amide bonds. The van der Waals surface area contributed by atoms with Gasteiger partial charge < -0.3 is 11.5 Å². The fourth-order valence-electron chi connectivity index (χ4n) is 6.47. The van der Waals surface area contributed by atoms with Crippen molar-refractivity contribution in [3.05, 3.63) is 154 Å². The molecule has 4 aromatic carbocycles. The van der Waals surface area contributed by atoms with Crippen molar-refractivity contribution in [3.63, 3.8) is 0 Å². The van der Waals surface area contributed by atoms with E-state index in [0.29, 0.717) is 22.8 Å². The van der Waals surface area contributed by atoms with E-state index in [1.807, 2.05) is 74.8 Å². The Balaban J connectivity index is 0.000000162. The van der Waals surface area contributed by atoms with E-state index in [1.165, 1.54) is 11.1 Å². The third-order valence-corrected chi connectivity index (χ3v) is 9.31. The number of nitrogen functional groups attached to an aromatic ring is 2. The predicted molar refractivity (Wildman–Crippen MR) is 210 cm³/mol. The maximum absolute atomic E-state index is 8.89. The predicted octanol–water partition coefficient (Wildman–Crippen LogP) is 8.66. The van der Waals surface area contributed by atoms with Gasteiger partial charge in [0, 0.05) is 33.9 Å². The summed E-state index contributed by atoms with van der Waals surface area (Å²) in [5.74, 6) is 0.938. The molecule has 0 aliphatic heterocycles. The Morgan fingerprint density at radius 2 is 0.865 bits per heavy atom. The van der Waals surface area contributed by atoms with Gasteiger partial charge in [-0.1, -0.05) is 48.5 Å². The van der Waals surface area contributed by atoms with Gasteiger partial charge in [0.1, 0.15) is 11.0 Å². The van der Waals surface area contributed by atoms with Gasteiger partial charge in [-0.15, -0.1) is 0 Å². The summed E-state index contributed by atoms with van der Waals surface area (Å²) in [4.78, 5) is 18.1. The lowest BCUT2D eigenvalue weighted by Gasteiger charge is -2.09. The van der Waals surface area contributed by atoms with Crippen LogP contribution in [0.25, 0.3) is 43.6 Å². The van der Waals surface area contributed by atoms with E-state index < -0.39 is 0 Å². The van der Waals surface area contributed by atoms with Crippen molar-refractivity contribution in [1.82, 2.24) is 19.9 Å². The molecule has 0 fully saturated rings. The largest absolute Gasteiger partial charge is 0.382 e. The van der Waals surface area contributed by atoms with Gasteiger partial charge in [0.25, 0.3) is 0 Å². The average Bonchev–Trinajstić information content (AvgIpc) is 3.16. The molecule has 4 N–H and O–H groups in total. The van der Waals surface area contributed by atoms with E-state index in [0.717, 1.165) is 91.5 Å². The Morgan fingerprint density at radius 1 is 0.481 bits per heavy atom. The topological polar surface area (TPSA) is 151 Å². The van der Waals surface area contributed by atoms with Gasteiger partial charge >= 0.3 is 0 Å². The molecule has 0 aliphatic rings. The number of nitriles is 2. The molecule has 0 unspecified atom stereocenters. The van der Waals surface area contributed by atoms with Gasteiger partial charge in [-0.3, -0.25) is 9.97 Å². The molecule has 52 heavy (non-hydrogen) atoms. The lowest BCUT2D eigenvalue weighted by molar-refractivity contribution is 0.954. The molecule has 0 bridgehead atoms. The second-order valence-corrected chi connectivity index (χ2v) is 13.1. The quantitative estimate of drug-likeness (QED) is 0.166. The van der Waals surface area contributed by atoms with Crippen LogP contribution in [0.2, 0.25) is 0 Å². The van der Waals surface area contributed by atoms with Crippen molar-refractivity contribution in [3.8, 4) is 12.1 Å². The summed E-state index contributed by atoms with van der Waals surface area (Å²) in [5.41, 5.74) is 24.0. The number of nitrogens with two attached hydrogens (primary N) is 2. The Morgan fingerprint density at radius 3 is 1.25 bits per heavy atom. The van der Waals surface area contributed by atoms with Crippen LogP contribution in [0.15, 0.2) is 109 Å². The third kappa shape index (κ3) is 7.19. The number of aromatic nitrogens is 4. The number of benzene rings is 4. The average molecular weight is 677 g/mol. The van der Waals surface area contributed by atoms with Gasteiger partial charge in [0.2, 0.25) is 0 Å². The summed E-state index contributed by atoms with van der Waals surface area (Å²) in [7, 11) is 0. The van der Waals surface area contributed by atoms with Crippen LogP contribution in [0.5, 0.6) is 0 Å². The van der Waals surface area contributed by atoms with Crippen LogP contribution in [-0.2, 0) is 25.7 Å². The van der Waals surface area contributed by atoms with Gasteiger partial charge in [-0.2, -0.15) is 10.5 Å². The van der Waals surface area contributed by atoms with Gasteiger partial charge in [0.05, 0.1) is 34.3 Å². The van der Waals surface area contributed by atoms with E-state index in [9.17, 15) is 0 Å². The van der Waals surface area contributed by atoms with Crippen molar-refractivity contribution in [2.45, 2.75) is 39.5 Å². The molecule has 4 aromatic heterocycles. The van der Waals surface area contributed by atoms with Gasteiger partial charge in [-0.05, 0) is 121 Å². The van der Waals surface area contributed by atoms with Crippen molar-refractivity contribution >= 4 is 55.2 Å². The maximum atomic E-state index is 8.89. The number of aryl methyl sites for hydroxylation is 6. The minimum absolute atomic E-state index is 0.469. The molecule has 0 atom stereocenters. The van der Waals surface area contributed by atoms with Crippen LogP contribution in [0.4, 0.5) is 11.6 Å². The summed E-state index contributed by atoms with van der Waals surface area (Å²) in [5, 5.41) is 22.0. The first-order chi connectivity index (χ1) is 25.3. The standard InChI is InChI=1S/2C22H18N4/c2*1-14-2-9-18-19-11-17(8-5-15-3-6-16(12-23)7-4-15)13-25-21(19)22(24)26-20(18)10-14/h2*2-4,6-7,9-11,13H,5,8H2,1H3,(H2,24,26). The number of hydrogen-bond donors (Lipinski definition) is 2. The Labute approximate surface area is 302 Å². The highest BCUT2D eigenvalue weighted by Crippen LogP contribution is 2.29. The van der Waals surface area contributed by atoms with Crippen LogP contribution in [0, 0.1) is 36.5 Å². The lowest BCUT2D eigenvalue weighted by atomic mass is 10.0. The van der Waals surface area contributed by atoms with Crippen molar-refractivity contribution < 1.29 is 0 Å². The Hall–Kier alpha value is -6.90. The highest BCUT2D eigenvalue weighted by molar-refractivity contribution is 6.09. The Bertz CT molecular complexity index is 2500. The smallest absolute Gasteiger partial charge is 0.150 e. The number of fused-ring (bicyclic) bond motifs is 6. The first-order valence-corrected chi connectivity index (χ1v) is 17.1. The van der Waals surface area contributed by atoms with Crippen LogP contribution >= 0.6 is 0 Å². The highest BCUT2D eigenvalue weighted by Gasteiger charge is 2.11. The number of pyridine rings is 4. The normalized spacial score (nSPS) is 10.9. The van der Waals surface area contributed by atoms with E-state index >= 15 is 0 Å². The number of anilines is 2. The molecule has 0 saturated heterocycles. The number of rotatable bonds is 6. The molecule has 8 heteroatoms. The van der Waals surface area contributed by atoms with Crippen LogP contribution in [0.3, 0.4) is 0 Å². The monoisotopic (exact) mass is 676 g/mol. The summed E-state index contributed by atoms with van der Waals surface area (Å²) in [6, 6.07) is 36.5. The van der Waals surface area contributed by atoms with E-state index in [-0.39, 0.29) is 0 Å². The van der Waals surface area contributed by atoms with Crippen molar-refractivity contribution in [2.75, 3.05) is 11.5 Å². The molecule has 8 nitrogen and oxygen atoms in total. The molecule has 0 spiro atoms. The molecular weight excluding hydrogens is 641 g/mol. The molecule has 0 radical (unpaired) electrons. The van der Waals surface area contributed by atoms with Crippen molar-refractivity contribution in [2.24, 2.45) is 0 Å².